The Morgan fingerprint density at radius 3 is 2.64 bits per heavy atom. The Kier molecular flexibility index (Phi) is 6.64. The first-order valence-corrected chi connectivity index (χ1v) is 11.0. The zero-order valence-electron chi connectivity index (χ0n) is 18.3. The summed E-state index contributed by atoms with van der Waals surface area (Å²) >= 11 is 5.32. The fourth-order valence-corrected chi connectivity index (χ4v) is 3.95. The molecule has 0 unspecified atom stereocenters. The number of para-hydroxylation sites is 2. The molecule has 0 spiro atoms. The van der Waals surface area contributed by atoms with E-state index in [1.165, 1.54) is 0 Å². The van der Waals surface area contributed by atoms with E-state index in [4.69, 9.17) is 12.2 Å². The number of halogens is 2. The van der Waals surface area contributed by atoms with Crippen molar-refractivity contribution in [2.45, 2.75) is 39.3 Å². The Labute approximate surface area is 194 Å². The van der Waals surface area contributed by atoms with Crippen molar-refractivity contribution < 1.29 is 13.6 Å². The molecule has 0 saturated carbocycles. The van der Waals surface area contributed by atoms with Gasteiger partial charge in [0.05, 0.1) is 11.0 Å². The van der Waals surface area contributed by atoms with Crippen LogP contribution in [0.1, 0.15) is 37.2 Å². The van der Waals surface area contributed by atoms with E-state index in [2.05, 4.69) is 20.5 Å². The number of fused-ring (bicyclic) bond motifs is 1. The van der Waals surface area contributed by atoms with Gasteiger partial charge >= 0.3 is 6.55 Å². The van der Waals surface area contributed by atoms with E-state index in [1.54, 1.807) is 35.8 Å². The van der Waals surface area contributed by atoms with Crippen LogP contribution in [0.2, 0.25) is 0 Å². The second-order valence-electron chi connectivity index (χ2n) is 7.93. The highest BCUT2D eigenvalue weighted by molar-refractivity contribution is 7.71. The molecule has 1 atom stereocenters. The molecule has 2 aromatic heterocycles. The minimum atomic E-state index is -2.71. The SMILES string of the molecule is Cc1ccc(-c2n[nH]c(=S)n2CCC(=O)NC[C@@H](C)c2nc3ccccc3n2C(F)F)cc1. The van der Waals surface area contributed by atoms with Gasteiger partial charge in [0.15, 0.2) is 10.6 Å². The minimum Gasteiger partial charge on any atom is -0.355 e. The molecule has 0 aliphatic carbocycles. The molecule has 10 heteroatoms. The number of imidazole rings is 1. The number of hydrogen-bond donors (Lipinski definition) is 2. The van der Waals surface area contributed by atoms with Crippen LogP contribution in [0.3, 0.4) is 0 Å². The summed E-state index contributed by atoms with van der Waals surface area (Å²) in [5.74, 6) is 0.297. The van der Waals surface area contributed by atoms with Crippen molar-refractivity contribution in [1.29, 1.82) is 0 Å². The molecule has 0 aliphatic heterocycles. The molecule has 0 fully saturated rings. The van der Waals surface area contributed by atoms with E-state index in [-0.39, 0.29) is 24.7 Å². The molecule has 0 radical (unpaired) electrons. The quantitative estimate of drug-likeness (QED) is 0.356. The van der Waals surface area contributed by atoms with E-state index in [0.29, 0.717) is 28.2 Å². The van der Waals surface area contributed by atoms with Crippen molar-refractivity contribution in [2.75, 3.05) is 6.54 Å². The standard InChI is InChI=1S/C23H24F2N6OS/c1-14-7-9-16(10-8-14)21-28-29-23(33)30(21)12-11-19(32)26-13-15(2)20-27-17-5-3-4-6-18(17)31(20)22(24)25/h3-10,15,22H,11-13H2,1-2H3,(H,26,32)(H,29,33)/t15-/m1/s1. The lowest BCUT2D eigenvalue weighted by Crippen LogP contribution is -2.29. The summed E-state index contributed by atoms with van der Waals surface area (Å²) in [5, 5.41) is 9.89. The number of rotatable bonds is 8. The lowest BCUT2D eigenvalue weighted by atomic mass is 10.1. The second-order valence-corrected chi connectivity index (χ2v) is 8.32. The van der Waals surface area contributed by atoms with Crippen LogP contribution >= 0.6 is 12.2 Å². The molecular weight excluding hydrogens is 446 g/mol. The van der Waals surface area contributed by atoms with Crippen molar-refractivity contribution in [3.05, 3.63) is 64.7 Å². The average molecular weight is 471 g/mol. The van der Waals surface area contributed by atoms with Crippen molar-refractivity contribution in [3.63, 3.8) is 0 Å². The van der Waals surface area contributed by atoms with Crippen LogP contribution in [0.4, 0.5) is 8.78 Å². The normalized spacial score (nSPS) is 12.4. The zero-order valence-corrected chi connectivity index (χ0v) is 19.1. The lowest BCUT2D eigenvalue weighted by molar-refractivity contribution is -0.121. The molecule has 0 bridgehead atoms. The summed E-state index contributed by atoms with van der Waals surface area (Å²) in [7, 11) is 0. The molecule has 4 aromatic rings. The van der Waals surface area contributed by atoms with Crippen LogP contribution < -0.4 is 5.32 Å². The van der Waals surface area contributed by atoms with Gasteiger partial charge in [-0.1, -0.05) is 48.9 Å². The van der Waals surface area contributed by atoms with Crippen LogP contribution in [0, 0.1) is 11.7 Å². The van der Waals surface area contributed by atoms with Crippen LogP contribution in [0.25, 0.3) is 22.4 Å². The molecule has 7 nitrogen and oxygen atoms in total. The third-order valence-electron chi connectivity index (χ3n) is 5.49. The zero-order chi connectivity index (χ0) is 23.5. The summed E-state index contributed by atoms with van der Waals surface area (Å²) in [6.45, 7) is 1.59. The van der Waals surface area contributed by atoms with Gasteiger partial charge in [-0.15, -0.1) is 0 Å². The second kappa shape index (κ2) is 9.62. The molecule has 33 heavy (non-hydrogen) atoms. The number of benzene rings is 2. The van der Waals surface area contributed by atoms with Gasteiger partial charge in [-0.3, -0.25) is 19.0 Å². The lowest BCUT2D eigenvalue weighted by Gasteiger charge is -2.15. The van der Waals surface area contributed by atoms with E-state index < -0.39 is 12.5 Å². The summed E-state index contributed by atoms with van der Waals surface area (Å²) in [4.78, 5) is 16.9. The monoisotopic (exact) mass is 470 g/mol. The van der Waals surface area contributed by atoms with Gasteiger partial charge in [-0.25, -0.2) is 4.98 Å². The molecule has 0 saturated heterocycles. The number of hydrogen-bond acceptors (Lipinski definition) is 4. The third-order valence-corrected chi connectivity index (χ3v) is 5.81. The number of carbonyl (C=O) groups excluding carboxylic acids is 1. The topological polar surface area (TPSA) is 80.5 Å². The summed E-state index contributed by atoms with van der Waals surface area (Å²) < 4.78 is 30.5. The Hall–Kier alpha value is -3.40. The average Bonchev–Trinajstić information content (AvgIpc) is 3.37. The molecule has 2 N–H and O–H groups in total. The molecule has 2 aromatic carbocycles. The number of carbonyl (C=O) groups is 1. The number of alkyl halides is 2. The van der Waals surface area contributed by atoms with Crippen molar-refractivity contribution in [3.8, 4) is 11.4 Å². The predicted octanol–water partition coefficient (Wildman–Crippen LogP) is 4.97. The van der Waals surface area contributed by atoms with E-state index in [9.17, 15) is 13.6 Å². The van der Waals surface area contributed by atoms with Gasteiger partial charge in [-0.05, 0) is 31.3 Å². The van der Waals surface area contributed by atoms with Gasteiger partial charge in [-0.2, -0.15) is 13.9 Å². The Morgan fingerprint density at radius 2 is 1.91 bits per heavy atom. The van der Waals surface area contributed by atoms with E-state index in [1.807, 2.05) is 31.2 Å². The van der Waals surface area contributed by atoms with Crippen LogP contribution in [-0.4, -0.2) is 36.8 Å². The highest BCUT2D eigenvalue weighted by Gasteiger charge is 2.22. The van der Waals surface area contributed by atoms with Crippen molar-refractivity contribution >= 4 is 29.2 Å². The maximum absolute atomic E-state index is 13.7. The number of nitrogens with zero attached hydrogens (tertiary/aromatic N) is 4. The van der Waals surface area contributed by atoms with Crippen LogP contribution in [-0.2, 0) is 11.3 Å². The molecular formula is C23H24F2N6OS. The van der Waals surface area contributed by atoms with Gasteiger partial charge in [0, 0.05) is 31.0 Å². The van der Waals surface area contributed by atoms with E-state index >= 15 is 0 Å². The smallest absolute Gasteiger partial charge is 0.320 e. The summed E-state index contributed by atoms with van der Waals surface area (Å²) in [6.07, 6.45) is 0.171. The molecule has 1 amide bonds. The number of nitrogens with one attached hydrogen (secondary N) is 2. The van der Waals surface area contributed by atoms with Crippen molar-refractivity contribution in [1.82, 2.24) is 29.6 Å². The predicted molar refractivity (Wildman–Crippen MR) is 125 cm³/mol. The fraction of sp³-hybridized carbons (Fsp3) is 0.304. The van der Waals surface area contributed by atoms with Gasteiger partial charge in [0.1, 0.15) is 5.82 Å². The Bertz CT molecular complexity index is 1320. The fourth-order valence-electron chi connectivity index (χ4n) is 3.72. The van der Waals surface area contributed by atoms with Gasteiger partial charge in [0.2, 0.25) is 5.91 Å². The minimum absolute atomic E-state index is 0.171. The van der Waals surface area contributed by atoms with Crippen LogP contribution in [0.15, 0.2) is 48.5 Å². The van der Waals surface area contributed by atoms with Gasteiger partial charge < -0.3 is 5.32 Å². The Balaban J connectivity index is 1.41. The largest absolute Gasteiger partial charge is 0.355 e. The third kappa shape index (κ3) is 4.85. The first kappa shape index (κ1) is 22.8. The van der Waals surface area contributed by atoms with Crippen LogP contribution in [0.5, 0.6) is 0 Å². The molecule has 0 aliphatic rings. The maximum Gasteiger partial charge on any atom is 0.320 e. The first-order valence-electron chi connectivity index (χ1n) is 10.6. The maximum atomic E-state index is 13.7. The molecule has 4 rings (SSSR count). The highest BCUT2D eigenvalue weighted by atomic mass is 32.1. The Morgan fingerprint density at radius 1 is 1.18 bits per heavy atom. The number of aryl methyl sites for hydroxylation is 1. The number of aromatic nitrogens is 5. The number of amides is 1. The number of aromatic amines is 1. The summed E-state index contributed by atoms with van der Waals surface area (Å²) in [6, 6.07) is 14.6. The summed E-state index contributed by atoms with van der Waals surface area (Å²) in [5.41, 5.74) is 2.91. The van der Waals surface area contributed by atoms with E-state index in [0.717, 1.165) is 15.7 Å². The van der Waals surface area contributed by atoms with Crippen molar-refractivity contribution in [2.24, 2.45) is 0 Å². The first-order chi connectivity index (χ1) is 15.8. The highest BCUT2D eigenvalue weighted by Crippen LogP contribution is 2.27. The molecule has 2 heterocycles. The van der Waals surface area contributed by atoms with Gasteiger partial charge in [0.25, 0.3) is 0 Å². The number of H-pyrrole nitrogens is 1. The molecule has 172 valence electrons.